The van der Waals surface area contributed by atoms with E-state index in [1.165, 1.54) is 5.56 Å². The summed E-state index contributed by atoms with van der Waals surface area (Å²) in [6.07, 6.45) is 5.42. The SMILES string of the molecule is CN1OC2(N=C1N)c1cc(Br)ccc1CC21CCC(OI)CC1. The molecule has 1 saturated carbocycles. The first-order valence-electron chi connectivity index (χ1n) is 7.84. The fourth-order valence-electron chi connectivity index (χ4n) is 4.36. The lowest BCUT2D eigenvalue weighted by Gasteiger charge is -2.44. The Balaban J connectivity index is 1.82. The molecule has 1 aliphatic heterocycles. The van der Waals surface area contributed by atoms with Crippen LogP contribution in [0.5, 0.6) is 0 Å². The zero-order chi connectivity index (χ0) is 16.2. The molecule has 124 valence electrons. The van der Waals surface area contributed by atoms with Crippen molar-refractivity contribution in [1.29, 1.82) is 0 Å². The van der Waals surface area contributed by atoms with Gasteiger partial charge in [-0.2, -0.15) is 0 Å². The summed E-state index contributed by atoms with van der Waals surface area (Å²) in [6.45, 7) is 0. The number of benzene rings is 1. The van der Waals surface area contributed by atoms with Gasteiger partial charge in [-0.05, 0) is 49.8 Å². The Hall–Kier alpha value is -0.380. The van der Waals surface area contributed by atoms with Crippen LogP contribution in [0, 0.1) is 5.41 Å². The number of guanidine groups is 1. The third-order valence-electron chi connectivity index (χ3n) is 5.56. The first-order chi connectivity index (χ1) is 11.0. The molecule has 0 amide bonds. The van der Waals surface area contributed by atoms with Crippen molar-refractivity contribution in [2.45, 2.75) is 43.9 Å². The number of rotatable bonds is 1. The number of hydrogen-bond donors (Lipinski definition) is 1. The van der Waals surface area contributed by atoms with Gasteiger partial charge in [0.25, 0.3) is 0 Å². The Morgan fingerprint density at radius 3 is 2.78 bits per heavy atom. The van der Waals surface area contributed by atoms with Gasteiger partial charge in [0.05, 0.1) is 6.10 Å². The maximum Gasteiger partial charge on any atom is 0.220 e. The number of hydroxylamine groups is 2. The predicted molar refractivity (Wildman–Crippen MR) is 99.8 cm³/mol. The van der Waals surface area contributed by atoms with E-state index in [9.17, 15) is 0 Å². The smallest absolute Gasteiger partial charge is 0.220 e. The van der Waals surface area contributed by atoms with E-state index >= 15 is 0 Å². The van der Waals surface area contributed by atoms with Crippen LogP contribution in [-0.4, -0.2) is 24.2 Å². The monoisotopic (exact) mass is 491 g/mol. The number of nitrogens with two attached hydrogens (primary N) is 1. The first-order valence-corrected chi connectivity index (χ1v) is 9.51. The second kappa shape index (κ2) is 5.57. The van der Waals surface area contributed by atoms with Crippen molar-refractivity contribution < 1.29 is 7.90 Å². The van der Waals surface area contributed by atoms with Gasteiger partial charge in [-0.3, -0.25) is 0 Å². The number of halogens is 2. The van der Waals surface area contributed by atoms with E-state index in [1.807, 2.05) is 30.1 Å². The van der Waals surface area contributed by atoms with Gasteiger partial charge in [-0.25, -0.2) is 14.9 Å². The molecule has 23 heavy (non-hydrogen) atoms. The molecule has 2 aliphatic carbocycles. The molecule has 1 aromatic carbocycles. The Morgan fingerprint density at radius 2 is 2.17 bits per heavy atom. The Kier molecular flexibility index (Phi) is 3.90. The van der Waals surface area contributed by atoms with E-state index in [1.54, 1.807) is 5.06 Å². The van der Waals surface area contributed by atoms with Crippen molar-refractivity contribution in [3.63, 3.8) is 0 Å². The maximum absolute atomic E-state index is 6.31. The number of nitrogens with zero attached hydrogens (tertiary/aromatic N) is 2. The second-order valence-electron chi connectivity index (χ2n) is 6.75. The molecule has 1 atom stereocenters. The molecule has 3 aliphatic rings. The van der Waals surface area contributed by atoms with Crippen LogP contribution in [0.25, 0.3) is 0 Å². The molecule has 0 radical (unpaired) electrons. The summed E-state index contributed by atoms with van der Waals surface area (Å²) in [4.78, 5) is 11.2. The maximum atomic E-state index is 6.31. The molecule has 0 aromatic heterocycles. The highest BCUT2D eigenvalue weighted by Gasteiger charge is 2.63. The van der Waals surface area contributed by atoms with E-state index in [4.69, 9.17) is 18.6 Å². The third kappa shape index (κ3) is 2.26. The Labute approximate surface area is 158 Å². The standard InChI is InChI=1S/C16H19BrIN3O2/c1-21-14(19)20-16(23-21)13-8-11(17)3-2-10(13)9-15(16)6-4-12(22-18)5-7-15/h2-3,8,12H,4-7,9H2,1H3,(H2,19,20). The van der Waals surface area contributed by atoms with Gasteiger partial charge in [-0.1, -0.05) is 22.0 Å². The minimum Gasteiger partial charge on any atom is -0.368 e. The second-order valence-corrected chi connectivity index (χ2v) is 8.17. The highest BCUT2D eigenvalue weighted by atomic mass is 127. The van der Waals surface area contributed by atoms with Gasteiger partial charge in [0.2, 0.25) is 11.7 Å². The van der Waals surface area contributed by atoms with Crippen molar-refractivity contribution >= 4 is 44.9 Å². The molecule has 1 heterocycles. The van der Waals surface area contributed by atoms with Gasteiger partial charge >= 0.3 is 0 Å². The molecule has 0 saturated heterocycles. The Morgan fingerprint density at radius 1 is 1.43 bits per heavy atom. The largest absolute Gasteiger partial charge is 0.368 e. The highest BCUT2D eigenvalue weighted by Crippen LogP contribution is 2.62. The van der Waals surface area contributed by atoms with Crippen LogP contribution >= 0.6 is 38.9 Å². The number of aliphatic imine (C=N–C) groups is 1. The van der Waals surface area contributed by atoms with Crippen molar-refractivity contribution in [2.24, 2.45) is 16.1 Å². The van der Waals surface area contributed by atoms with Gasteiger partial charge in [0.1, 0.15) is 23.0 Å². The van der Waals surface area contributed by atoms with E-state index < -0.39 is 5.72 Å². The van der Waals surface area contributed by atoms with E-state index in [0.29, 0.717) is 12.1 Å². The average molecular weight is 492 g/mol. The molecule has 0 bridgehead atoms. The third-order valence-corrected chi connectivity index (χ3v) is 6.78. The summed E-state index contributed by atoms with van der Waals surface area (Å²) < 4.78 is 6.58. The molecule has 1 fully saturated rings. The van der Waals surface area contributed by atoms with E-state index in [-0.39, 0.29) is 5.41 Å². The lowest BCUT2D eigenvalue weighted by molar-refractivity contribution is -0.230. The van der Waals surface area contributed by atoms with Crippen LogP contribution in [0.4, 0.5) is 0 Å². The molecule has 5 nitrogen and oxygen atoms in total. The molecular formula is C16H19BrIN3O2. The van der Waals surface area contributed by atoms with Crippen LogP contribution in [0.15, 0.2) is 27.7 Å². The molecule has 2 spiro atoms. The quantitative estimate of drug-likeness (QED) is 0.609. The summed E-state index contributed by atoms with van der Waals surface area (Å²) in [5.74, 6) is 0.449. The van der Waals surface area contributed by atoms with Crippen LogP contribution in [0.2, 0.25) is 0 Å². The van der Waals surface area contributed by atoms with E-state index in [2.05, 4.69) is 34.1 Å². The van der Waals surface area contributed by atoms with Crippen molar-refractivity contribution in [3.8, 4) is 0 Å². The normalized spacial score (nSPS) is 35.9. The topological polar surface area (TPSA) is 60.1 Å². The average Bonchev–Trinajstić information content (AvgIpc) is 2.97. The lowest BCUT2D eigenvalue weighted by Crippen LogP contribution is -2.46. The van der Waals surface area contributed by atoms with Crippen LogP contribution in [0.3, 0.4) is 0 Å². The first kappa shape index (κ1) is 16.1. The summed E-state index contributed by atoms with van der Waals surface area (Å²) in [5.41, 5.74) is 7.81. The number of fused-ring (bicyclic) bond motifs is 3. The zero-order valence-electron chi connectivity index (χ0n) is 12.9. The molecule has 1 aromatic rings. The summed E-state index contributed by atoms with van der Waals surface area (Å²) in [7, 11) is 1.83. The van der Waals surface area contributed by atoms with Crippen LogP contribution < -0.4 is 5.73 Å². The fraction of sp³-hybridized carbons (Fsp3) is 0.562. The van der Waals surface area contributed by atoms with Gasteiger partial charge in [0, 0.05) is 22.5 Å². The highest BCUT2D eigenvalue weighted by molar-refractivity contribution is 14.1. The predicted octanol–water partition coefficient (Wildman–Crippen LogP) is 3.65. The molecule has 7 heteroatoms. The van der Waals surface area contributed by atoms with Crippen molar-refractivity contribution in [3.05, 3.63) is 33.8 Å². The fourth-order valence-corrected chi connectivity index (χ4v) is 5.23. The molecule has 2 N–H and O–H groups in total. The zero-order valence-corrected chi connectivity index (χ0v) is 16.6. The Bertz CT molecular complexity index is 675. The van der Waals surface area contributed by atoms with Crippen molar-refractivity contribution in [1.82, 2.24) is 5.06 Å². The van der Waals surface area contributed by atoms with Crippen LogP contribution in [0.1, 0.15) is 36.8 Å². The molecule has 1 unspecified atom stereocenters. The minimum atomic E-state index is -0.693. The summed E-state index contributed by atoms with van der Waals surface area (Å²) in [5, 5.41) is 1.61. The minimum absolute atomic E-state index is 0.0445. The summed E-state index contributed by atoms with van der Waals surface area (Å²) >= 11 is 5.60. The van der Waals surface area contributed by atoms with Gasteiger partial charge < -0.3 is 8.80 Å². The van der Waals surface area contributed by atoms with Crippen LogP contribution in [-0.2, 0) is 20.0 Å². The molecule has 4 rings (SSSR count). The van der Waals surface area contributed by atoms with Gasteiger partial charge in [0.15, 0.2) is 0 Å². The lowest BCUT2D eigenvalue weighted by atomic mass is 9.67. The number of hydrogen-bond acceptors (Lipinski definition) is 5. The van der Waals surface area contributed by atoms with E-state index in [0.717, 1.165) is 42.1 Å². The molecular weight excluding hydrogens is 473 g/mol. The van der Waals surface area contributed by atoms with Crippen molar-refractivity contribution in [2.75, 3.05) is 7.05 Å². The van der Waals surface area contributed by atoms with Gasteiger partial charge in [-0.15, -0.1) is 0 Å². The summed E-state index contributed by atoms with van der Waals surface area (Å²) in [6, 6.07) is 6.42.